The zero-order chi connectivity index (χ0) is 15.7. The molecule has 0 spiro atoms. The van der Waals surface area contributed by atoms with E-state index in [1.165, 1.54) is 0 Å². The number of ether oxygens (including phenoxy) is 2. The van der Waals surface area contributed by atoms with Crippen molar-refractivity contribution in [3.63, 3.8) is 0 Å². The summed E-state index contributed by atoms with van der Waals surface area (Å²) < 4.78 is 9.91. The first kappa shape index (κ1) is 17.0. The summed E-state index contributed by atoms with van der Waals surface area (Å²) in [5.74, 6) is 0.290. The molecule has 0 aliphatic rings. The van der Waals surface area contributed by atoms with E-state index in [0.29, 0.717) is 6.61 Å². The van der Waals surface area contributed by atoms with Gasteiger partial charge in [0, 0.05) is 6.42 Å². The van der Waals surface area contributed by atoms with Crippen molar-refractivity contribution in [2.45, 2.75) is 39.2 Å². The van der Waals surface area contributed by atoms with Crippen molar-refractivity contribution < 1.29 is 19.1 Å². The van der Waals surface area contributed by atoms with Crippen molar-refractivity contribution in [3.05, 3.63) is 29.8 Å². The van der Waals surface area contributed by atoms with E-state index in [1.54, 1.807) is 14.0 Å². The first-order valence-corrected chi connectivity index (χ1v) is 7.19. The summed E-state index contributed by atoms with van der Waals surface area (Å²) in [7, 11) is 1.61. The molecule has 1 amide bonds. The Morgan fingerprint density at radius 3 is 2.33 bits per heavy atom. The molecule has 0 aromatic heterocycles. The molecule has 1 aromatic carbocycles. The molecule has 1 unspecified atom stereocenters. The van der Waals surface area contributed by atoms with Crippen LogP contribution in [0, 0.1) is 0 Å². The van der Waals surface area contributed by atoms with Crippen molar-refractivity contribution in [2.75, 3.05) is 13.7 Å². The second-order valence-corrected chi connectivity index (χ2v) is 4.61. The Hall–Kier alpha value is -2.04. The fourth-order valence-corrected chi connectivity index (χ4v) is 1.97. The highest BCUT2D eigenvalue weighted by Gasteiger charge is 2.14. The van der Waals surface area contributed by atoms with Gasteiger partial charge < -0.3 is 14.8 Å². The lowest BCUT2D eigenvalue weighted by atomic mass is 10.0. The summed E-state index contributed by atoms with van der Waals surface area (Å²) in [6, 6.07) is 7.52. The van der Waals surface area contributed by atoms with Crippen molar-refractivity contribution in [1.29, 1.82) is 0 Å². The number of amides is 1. The van der Waals surface area contributed by atoms with Crippen LogP contribution >= 0.6 is 0 Å². The highest BCUT2D eigenvalue weighted by molar-refractivity contribution is 5.81. The van der Waals surface area contributed by atoms with E-state index < -0.39 is 0 Å². The largest absolute Gasteiger partial charge is 0.497 e. The van der Waals surface area contributed by atoms with Gasteiger partial charge >= 0.3 is 5.97 Å². The van der Waals surface area contributed by atoms with E-state index in [2.05, 4.69) is 5.32 Å². The molecule has 5 nitrogen and oxygen atoms in total. The van der Waals surface area contributed by atoms with Crippen LogP contribution in [0.2, 0.25) is 0 Å². The van der Waals surface area contributed by atoms with E-state index in [1.807, 2.05) is 31.2 Å². The van der Waals surface area contributed by atoms with Gasteiger partial charge in [-0.3, -0.25) is 9.59 Å². The molecular weight excluding hydrogens is 270 g/mol. The van der Waals surface area contributed by atoms with Gasteiger partial charge in [0.1, 0.15) is 5.75 Å². The van der Waals surface area contributed by atoms with E-state index in [9.17, 15) is 9.59 Å². The van der Waals surface area contributed by atoms with Crippen molar-refractivity contribution in [1.82, 2.24) is 5.32 Å². The Balaban J connectivity index is 2.52. The monoisotopic (exact) mass is 293 g/mol. The quantitative estimate of drug-likeness (QED) is 0.748. The molecule has 116 valence electrons. The molecule has 0 saturated heterocycles. The van der Waals surface area contributed by atoms with E-state index in [4.69, 9.17) is 9.47 Å². The van der Waals surface area contributed by atoms with Crippen molar-refractivity contribution in [3.8, 4) is 5.75 Å². The number of hydrogen-bond donors (Lipinski definition) is 1. The van der Waals surface area contributed by atoms with E-state index in [0.717, 1.165) is 17.7 Å². The summed E-state index contributed by atoms with van der Waals surface area (Å²) in [5, 5.41) is 2.93. The van der Waals surface area contributed by atoms with Gasteiger partial charge in [-0.25, -0.2) is 0 Å². The molecule has 21 heavy (non-hydrogen) atoms. The minimum Gasteiger partial charge on any atom is -0.497 e. The van der Waals surface area contributed by atoms with Crippen LogP contribution in [0.4, 0.5) is 0 Å². The summed E-state index contributed by atoms with van der Waals surface area (Å²) in [4.78, 5) is 23.1. The highest BCUT2D eigenvalue weighted by atomic mass is 16.5. The predicted molar refractivity (Wildman–Crippen MR) is 80.0 cm³/mol. The molecule has 5 heteroatoms. The Kier molecular flexibility index (Phi) is 7.29. The van der Waals surface area contributed by atoms with Crippen LogP contribution in [0.3, 0.4) is 0 Å². The standard InChI is InChI=1S/C16H23NO4/c1-4-14(12-6-8-13(20-3)9-7-12)17-15(18)10-11-16(19)21-5-2/h6-9,14H,4-5,10-11H2,1-3H3,(H,17,18). The van der Waals surface area contributed by atoms with Crippen LogP contribution in [-0.2, 0) is 14.3 Å². The average molecular weight is 293 g/mol. The summed E-state index contributed by atoms with van der Waals surface area (Å²) >= 11 is 0. The third-order valence-electron chi connectivity index (χ3n) is 3.12. The highest BCUT2D eigenvalue weighted by Crippen LogP contribution is 2.20. The van der Waals surface area contributed by atoms with Gasteiger partial charge in [0.25, 0.3) is 0 Å². The second-order valence-electron chi connectivity index (χ2n) is 4.61. The van der Waals surface area contributed by atoms with Crippen molar-refractivity contribution >= 4 is 11.9 Å². The minimum absolute atomic E-state index is 0.0643. The molecule has 1 atom stereocenters. The molecule has 0 radical (unpaired) electrons. The number of rotatable bonds is 8. The smallest absolute Gasteiger partial charge is 0.306 e. The number of carbonyl (C=O) groups is 2. The van der Waals surface area contributed by atoms with E-state index >= 15 is 0 Å². The van der Waals surface area contributed by atoms with Gasteiger partial charge in [0.2, 0.25) is 5.91 Å². The van der Waals surface area contributed by atoms with Crippen LogP contribution in [0.15, 0.2) is 24.3 Å². The lowest BCUT2D eigenvalue weighted by Gasteiger charge is -2.17. The lowest BCUT2D eigenvalue weighted by molar-refractivity contribution is -0.144. The third kappa shape index (κ3) is 5.85. The fraction of sp³-hybridized carbons (Fsp3) is 0.500. The SMILES string of the molecule is CCOC(=O)CCC(=O)NC(CC)c1ccc(OC)cc1. The van der Waals surface area contributed by atoms with E-state index in [-0.39, 0.29) is 30.8 Å². The zero-order valence-electron chi connectivity index (χ0n) is 12.8. The molecule has 0 aliphatic carbocycles. The van der Waals surface area contributed by atoms with Gasteiger partial charge in [0.15, 0.2) is 0 Å². The molecule has 0 fully saturated rings. The number of nitrogens with one attached hydrogen (secondary N) is 1. The third-order valence-corrected chi connectivity index (χ3v) is 3.12. The Bertz CT molecular complexity index is 456. The minimum atomic E-state index is -0.342. The topological polar surface area (TPSA) is 64.6 Å². The Labute approximate surface area is 125 Å². The second kappa shape index (κ2) is 9.00. The van der Waals surface area contributed by atoms with Gasteiger partial charge in [-0.1, -0.05) is 19.1 Å². The molecule has 0 aliphatic heterocycles. The van der Waals surface area contributed by atoms with Crippen molar-refractivity contribution in [2.24, 2.45) is 0 Å². The number of hydrogen-bond acceptors (Lipinski definition) is 4. The van der Waals surface area contributed by atoms with Gasteiger partial charge in [-0.05, 0) is 31.0 Å². The van der Waals surface area contributed by atoms with Crippen LogP contribution in [0.5, 0.6) is 5.75 Å². The van der Waals surface area contributed by atoms with Crippen LogP contribution in [0.25, 0.3) is 0 Å². The molecular formula is C16H23NO4. The number of esters is 1. The van der Waals surface area contributed by atoms with Gasteiger partial charge in [-0.2, -0.15) is 0 Å². The summed E-state index contributed by atoms with van der Waals surface area (Å²) in [5.41, 5.74) is 1.02. The normalized spacial score (nSPS) is 11.6. The predicted octanol–water partition coefficient (Wildman–Crippen LogP) is 2.61. The maximum Gasteiger partial charge on any atom is 0.306 e. The zero-order valence-corrected chi connectivity index (χ0v) is 12.8. The molecule has 0 saturated carbocycles. The maximum absolute atomic E-state index is 11.9. The number of benzene rings is 1. The lowest BCUT2D eigenvalue weighted by Crippen LogP contribution is -2.28. The van der Waals surface area contributed by atoms with Crippen LogP contribution in [0.1, 0.15) is 44.7 Å². The number of methoxy groups -OCH3 is 1. The molecule has 0 heterocycles. The van der Waals surface area contributed by atoms with Crippen LogP contribution in [-0.4, -0.2) is 25.6 Å². The fourth-order valence-electron chi connectivity index (χ4n) is 1.97. The molecule has 1 rings (SSSR count). The van der Waals surface area contributed by atoms with Gasteiger partial charge in [0.05, 0.1) is 26.2 Å². The average Bonchev–Trinajstić information content (AvgIpc) is 2.51. The molecule has 1 N–H and O–H groups in total. The first-order chi connectivity index (χ1) is 10.1. The summed E-state index contributed by atoms with van der Waals surface area (Å²) in [6.07, 6.45) is 1.03. The Morgan fingerprint density at radius 2 is 1.81 bits per heavy atom. The Morgan fingerprint density at radius 1 is 1.14 bits per heavy atom. The van der Waals surface area contributed by atoms with Crippen LogP contribution < -0.4 is 10.1 Å². The summed E-state index contributed by atoms with van der Waals surface area (Å²) in [6.45, 7) is 4.08. The van der Waals surface area contributed by atoms with Gasteiger partial charge in [-0.15, -0.1) is 0 Å². The molecule has 1 aromatic rings. The first-order valence-electron chi connectivity index (χ1n) is 7.19. The molecule has 0 bridgehead atoms. The number of carbonyl (C=O) groups excluding carboxylic acids is 2. The maximum atomic E-state index is 11.9.